The van der Waals surface area contributed by atoms with Crippen molar-refractivity contribution in [3.05, 3.63) is 115 Å². The van der Waals surface area contributed by atoms with E-state index in [0.29, 0.717) is 0 Å². The molecule has 0 atom stereocenters. The van der Waals surface area contributed by atoms with Crippen LogP contribution in [-0.2, 0) is 0 Å². The Labute approximate surface area is 206 Å². The largest absolute Gasteiger partial charge is 0.454 e. The highest BCUT2D eigenvalue weighted by atomic mass is 16.3. The van der Waals surface area contributed by atoms with Crippen molar-refractivity contribution in [2.45, 2.75) is 0 Å². The minimum Gasteiger partial charge on any atom is -0.454 e. The average Bonchev–Trinajstić information content (AvgIpc) is 3.58. The van der Waals surface area contributed by atoms with Crippen LogP contribution in [-0.4, -0.2) is 4.57 Å². The maximum absolute atomic E-state index is 6.56. The molecule has 0 amide bonds. The SMILES string of the molecule is c1ccc2c(c1)-c1cccc3c(-n4c5ccccc5c5ccc6c7ccccc7oc6c54)ccc-2c13. The molecule has 8 aromatic rings. The van der Waals surface area contributed by atoms with Crippen molar-refractivity contribution in [2.75, 3.05) is 0 Å². The van der Waals surface area contributed by atoms with Crippen molar-refractivity contribution in [3.63, 3.8) is 0 Å². The van der Waals surface area contributed by atoms with Crippen LogP contribution in [0, 0.1) is 0 Å². The molecule has 0 radical (unpaired) electrons. The number of fused-ring (bicyclic) bond motifs is 10. The van der Waals surface area contributed by atoms with Crippen molar-refractivity contribution in [1.29, 1.82) is 0 Å². The molecule has 2 nitrogen and oxygen atoms in total. The summed E-state index contributed by atoms with van der Waals surface area (Å²) in [6.45, 7) is 0. The third-order valence-electron chi connectivity index (χ3n) is 7.95. The van der Waals surface area contributed by atoms with Crippen molar-refractivity contribution < 1.29 is 4.42 Å². The normalized spacial score (nSPS) is 12.4. The lowest BCUT2D eigenvalue weighted by Crippen LogP contribution is -1.96. The van der Waals surface area contributed by atoms with Gasteiger partial charge in [-0.3, -0.25) is 0 Å². The molecule has 0 unspecified atom stereocenters. The second-order valence-electron chi connectivity index (χ2n) is 9.70. The topological polar surface area (TPSA) is 18.1 Å². The Bertz CT molecular complexity index is 2180. The molecule has 2 heteroatoms. The Balaban J connectivity index is 1.50. The summed E-state index contributed by atoms with van der Waals surface area (Å²) < 4.78 is 8.98. The molecule has 166 valence electrons. The first-order valence-corrected chi connectivity index (χ1v) is 12.4. The fourth-order valence-electron chi connectivity index (χ4n) is 6.47. The fraction of sp³-hybridized carbons (Fsp3) is 0. The summed E-state index contributed by atoms with van der Waals surface area (Å²) in [6.07, 6.45) is 0. The van der Waals surface area contributed by atoms with Crippen LogP contribution in [0.4, 0.5) is 0 Å². The van der Waals surface area contributed by atoms with Gasteiger partial charge in [0.15, 0.2) is 5.58 Å². The van der Waals surface area contributed by atoms with E-state index in [0.717, 1.165) is 27.5 Å². The summed E-state index contributed by atoms with van der Waals surface area (Å²) in [6, 6.07) is 41.5. The summed E-state index contributed by atoms with van der Waals surface area (Å²) in [7, 11) is 0. The van der Waals surface area contributed by atoms with Gasteiger partial charge in [-0.05, 0) is 51.9 Å². The van der Waals surface area contributed by atoms with Crippen LogP contribution in [0.1, 0.15) is 0 Å². The molecule has 0 N–H and O–H groups in total. The van der Waals surface area contributed by atoms with Gasteiger partial charge in [-0.15, -0.1) is 0 Å². The molecule has 1 aliphatic carbocycles. The average molecular weight is 458 g/mol. The molecule has 0 bridgehead atoms. The van der Waals surface area contributed by atoms with E-state index in [1.807, 2.05) is 6.07 Å². The maximum atomic E-state index is 6.56. The first-order valence-electron chi connectivity index (χ1n) is 12.4. The van der Waals surface area contributed by atoms with E-state index in [1.54, 1.807) is 0 Å². The van der Waals surface area contributed by atoms with E-state index < -0.39 is 0 Å². The highest BCUT2D eigenvalue weighted by molar-refractivity contribution is 6.23. The molecule has 1 aliphatic rings. The van der Waals surface area contributed by atoms with Gasteiger partial charge < -0.3 is 8.98 Å². The number of para-hydroxylation sites is 2. The number of hydrogen-bond donors (Lipinski definition) is 0. The predicted molar refractivity (Wildman–Crippen MR) is 150 cm³/mol. The molecule has 0 fully saturated rings. The lowest BCUT2D eigenvalue weighted by Gasteiger charge is -2.13. The third kappa shape index (κ3) is 2.14. The van der Waals surface area contributed by atoms with E-state index in [4.69, 9.17) is 4.42 Å². The quantitative estimate of drug-likeness (QED) is 0.240. The van der Waals surface area contributed by atoms with Crippen LogP contribution in [0.25, 0.3) is 82.5 Å². The fourth-order valence-corrected chi connectivity index (χ4v) is 6.47. The van der Waals surface area contributed by atoms with E-state index in [-0.39, 0.29) is 0 Å². The van der Waals surface area contributed by atoms with Gasteiger partial charge >= 0.3 is 0 Å². The number of hydrogen-bond acceptors (Lipinski definition) is 1. The van der Waals surface area contributed by atoms with Gasteiger partial charge in [0, 0.05) is 26.9 Å². The Morgan fingerprint density at radius 2 is 1.11 bits per heavy atom. The zero-order valence-corrected chi connectivity index (χ0v) is 19.3. The maximum Gasteiger partial charge on any atom is 0.160 e. The Morgan fingerprint density at radius 1 is 0.444 bits per heavy atom. The highest BCUT2D eigenvalue weighted by Crippen LogP contribution is 2.49. The lowest BCUT2D eigenvalue weighted by molar-refractivity contribution is 0.671. The van der Waals surface area contributed by atoms with E-state index in [1.165, 1.54) is 55.0 Å². The molecule has 2 aromatic heterocycles. The summed E-state index contributed by atoms with van der Waals surface area (Å²) in [4.78, 5) is 0. The number of rotatable bonds is 1. The number of furan rings is 1. The van der Waals surface area contributed by atoms with Gasteiger partial charge in [-0.2, -0.15) is 0 Å². The van der Waals surface area contributed by atoms with Gasteiger partial charge in [-0.25, -0.2) is 0 Å². The van der Waals surface area contributed by atoms with Gasteiger partial charge in [0.25, 0.3) is 0 Å². The molecule has 2 heterocycles. The smallest absolute Gasteiger partial charge is 0.160 e. The second-order valence-corrected chi connectivity index (χ2v) is 9.70. The van der Waals surface area contributed by atoms with Gasteiger partial charge in [-0.1, -0.05) is 91.0 Å². The third-order valence-corrected chi connectivity index (χ3v) is 7.95. The molecule has 0 aliphatic heterocycles. The molecule has 6 aromatic carbocycles. The Hall–Kier alpha value is -4.82. The van der Waals surface area contributed by atoms with Gasteiger partial charge in [0.05, 0.1) is 16.7 Å². The first kappa shape index (κ1) is 18.5. The van der Waals surface area contributed by atoms with Crippen LogP contribution in [0.15, 0.2) is 120 Å². The van der Waals surface area contributed by atoms with Gasteiger partial charge in [0.1, 0.15) is 5.58 Å². The molecular weight excluding hydrogens is 438 g/mol. The van der Waals surface area contributed by atoms with Crippen LogP contribution in [0.3, 0.4) is 0 Å². The zero-order chi connectivity index (χ0) is 23.4. The summed E-state index contributed by atoms with van der Waals surface area (Å²) in [5.41, 5.74) is 10.6. The first-order chi connectivity index (χ1) is 17.9. The monoisotopic (exact) mass is 457 g/mol. The molecular formula is C34H19NO. The molecule has 0 saturated carbocycles. The Morgan fingerprint density at radius 3 is 2.00 bits per heavy atom. The molecule has 9 rings (SSSR count). The highest BCUT2D eigenvalue weighted by Gasteiger charge is 2.24. The van der Waals surface area contributed by atoms with E-state index >= 15 is 0 Å². The number of benzene rings is 6. The lowest BCUT2D eigenvalue weighted by atomic mass is 10.0. The van der Waals surface area contributed by atoms with Crippen LogP contribution >= 0.6 is 0 Å². The van der Waals surface area contributed by atoms with Crippen molar-refractivity contribution >= 4 is 54.5 Å². The van der Waals surface area contributed by atoms with Crippen LogP contribution in [0.2, 0.25) is 0 Å². The zero-order valence-electron chi connectivity index (χ0n) is 19.3. The molecule has 0 saturated heterocycles. The second kappa shape index (κ2) is 6.44. The van der Waals surface area contributed by atoms with Crippen LogP contribution in [0.5, 0.6) is 0 Å². The van der Waals surface area contributed by atoms with Crippen molar-refractivity contribution in [3.8, 4) is 27.9 Å². The van der Waals surface area contributed by atoms with Crippen molar-refractivity contribution in [2.24, 2.45) is 0 Å². The minimum atomic E-state index is 0.924. The molecule has 36 heavy (non-hydrogen) atoms. The summed E-state index contributed by atoms with van der Waals surface area (Å²) >= 11 is 0. The predicted octanol–water partition coefficient (Wildman–Crippen LogP) is 9.48. The van der Waals surface area contributed by atoms with E-state index in [9.17, 15) is 0 Å². The number of nitrogens with zero attached hydrogens (tertiary/aromatic N) is 1. The Kier molecular flexibility index (Phi) is 3.31. The van der Waals surface area contributed by atoms with Crippen molar-refractivity contribution in [1.82, 2.24) is 4.57 Å². The summed E-state index contributed by atoms with van der Waals surface area (Å²) in [5, 5.41) is 7.35. The minimum absolute atomic E-state index is 0.924. The summed E-state index contributed by atoms with van der Waals surface area (Å²) in [5.74, 6) is 0. The standard InChI is InChI=1S/C34H19NO/c1-2-9-21-20(8-1)24-12-7-13-28-30(19-18-25(21)32(24)28)35-29-14-5-3-10-22(29)26-16-17-27-23-11-4-6-15-31(23)36-34(27)33(26)35/h1-19H. The molecule has 0 spiro atoms. The van der Waals surface area contributed by atoms with Gasteiger partial charge in [0.2, 0.25) is 0 Å². The van der Waals surface area contributed by atoms with Crippen LogP contribution < -0.4 is 0 Å². The van der Waals surface area contributed by atoms with E-state index in [2.05, 4.69) is 114 Å². The number of aromatic nitrogens is 1.